The molecule has 0 amide bonds. The first-order chi connectivity index (χ1) is 8.61. The van der Waals surface area contributed by atoms with Crippen LogP contribution in [0.3, 0.4) is 0 Å². The van der Waals surface area contributed by atoms with E-state index in [0.29, 0.717) is 5.92 Å². The fourth-order valence-corrected chi connectivity index (χ4v) is 2.93. The molecule has 0 aliphatic heterocycles. The van der Waals surface area contributed by atoms with Gasteiger partial charge in [0.2, 0.25) is 0 Å². The van der Waals surface area contributed by atoms with Crippen molar-refractivity contribution < 1.29 is 5.11 Å². The molecule has 1 aliphatic rings. The van der Waals surface area contributed by atoms with Gasteiger partial charge in [0.05, 0.1) is 6.10 Å². The van der Waals surface area contributed by atoms with Gasteiger partial charge in [0.1, 0.15) is 5.82 Å². The molecule has 100 valence electrons. The second kappa shape index (κ2) is 5.79. The summed E-state index contributed by atoms with van der Waals surface area (Å²) in [7, 11) is 0. The smallest absolute Gasteiger partial charge is 0.131 e. The molecule has 0 bridgehead atoms. The summed E-state index contributed by atoms with van der Waals surface area (Å²) in [6.45, 7) is 6.01. The minimum Gasteiger partial charge on any atom is -0.389 e. The lowest BCUT2D eigenvalue weighted by Crippen LogP contribution is -2.15. The van der Waals surface area contributed by atoms with Crippen LogP contribution in [0.25, 0.3) is 0 Å². The third-order valence-electron chi connectivity index (χ3n) is 4.28. The summed E-state index contributed by atoms with van der Waals surface area (Å²) in [5, 5.41) is 9.59. The number of aromatic nitrogens is 2. The highest BCUT2D eigenvalue weighted by atomic mass is 16.3. The predicted octanol–water partition coefficient (Wildman–Crippen LogP) is 3.52. The van der Waals surface area contributed by atoms with Crippen LogP contribution in [0, 0.1) is 12.8 Å². The van der Waals surface area contributed by atoms with Gasteiger partial charge in [0.15, 0.2) is 0 Å². The van der Waals surface area contributed by atoms with E-state index in [2.05, 4.69) is 16.9 Å². The summed E-state index contributed by atoms with van der Waals surface area (Å²) in [5.74, 6) is 2.40. The standard InChI is InChI=1S/C15H24N2O/c1-4-12-5-7-13(8-6-12)15-16-9-14(11(3)18)10(2)17-15/h9,11-13,18H,4-8H2,1-3H3/t11-,12?,13?/m1/s1. The normalized spacial score (nSPS) is 26.0. The Morgan fingerprint density at radius 2 is 2.00 bits per heavy atom. The number of hydrogen-bond acceptors (Lipinski definition) is 3. The molecule has 1 aromatic heterocycles. The maximum absolute atomic E-state index is 9.59. The molecule has 3 heteroatoms. The molecular weight excluding hydrogens is 224 g/mol. The Bertz CT molecular complexity index is 395. The quantitative estimate of drug-likeness (QED) is 0.890. The second-order valence-electron chi connectivity index (χ2n) is 5.57. The van der Waals surface area contributed by atoms with Crippen LogP contribution in [-0.4, -0.2) is 15.1 Å². The first kappa shape index (κ1) is 13.5. The third kappa shape index (κ3) is 2.89. The first-order valence-electron chi connectivity index (χ1n) is 7.13. The Morgan fingerprint density at radius 3 is 2.50 bits per heavy atom. The molecule has 1 fully saturated rings. The van der Waals surface area contributed by atoms with Gasteiger partial charge in [-0.25, -0.2) is 9.97 Å². The van der Waals surface area contributed by atoms with Gasteiger partial charge in [-0.2, -0.15) is 0 Å². The second-order valence-corrected chi connectivity index (χ2v) is 5.57. The molecule has 1 atom stereocenters. The van der Waals surface area contributed by atoms with Gasteiger partial charge < -0.3 is 5.11 Å². The molecule has 0 unspecified atom stereocenters. The summed E-state index contributed by atoms with van der Waals surface area (Å²) >= 11 is 0. The summed E-state index contributed by atoms with van der Waals surface area (Å²) in [5.41, 5.74) is 1.77. The molecule has 1 saturated carbocycles. The van der Waals surface area contributed by atoms with Crippen molar-refractivity contribution in [3.63, 3.8) is 0 Å². The molecule has 0 radical (unpaired) electrons. The van der Waals surface area contributed by atoms with Gasteiger partial charge in [-0.05, 0) is 45.4 Å². The number of aliphatic hydroxyl groups is 1. The number of aryl methyl sites for hydroxylation is 1. The molecule has 0 aromatic carbocycles. The monoisotopic (exact) mass is 248 g/mol. The summed E-state index contributed by atoms with van der Waals surface area (Å²) < 4.78 is 0. The van der Waals surface area contributed by atoms with E-state index in [4.69, 9.17) is 0 Å². The van der Waals surface area contributed by atoms with Gasteiger partial charge in [-0.3, -0.25) is 0 Å². The predicted molar refractivity (Wildman–Crippen MR) is 72.4 cm³/mol. The Balaban J connectivity index is 2.08. The lowest BCUT2D eigenvalue weighted by atomic mass is 9.80. The van der Waals surface area contributed by atoms with E-state index < -0.39 is 6.10 Å². The van der Waals surface area contributed by atoms with Gasteiger partial charge in [-0.1, -0.05) is 13.3 Å². The van der Waals surface area contributed by atoms with E-state index in [0.717, 1.165) is 23.0 Å². The van der Waals surface area contributed by atoms with Crippen molar-refractivity contribution in [3.8, 4) is 0 Å². The number of nitrogens with zero attached hydrogens (tertiary/aromatic N) is 2. The van der Waals surface area contributed by atoms with Crippen molar-refractivity contribution in [1.82, 2.24) is 9.97 Å². The van der Waals surface area contributed by atoms with Crippen molar-refractivity contribution in [2.75, 3.05) is 0 Å². The van der Waals surface area contributed by atoms with Gasteiger partial charge >= 0.3 is 0 Å². The van der Waals surface area contributed by atoms with E-state index in [1.807, 2.05) is 6.92 Å². The maximum Gasteiger partial charge on any atom is 0.131 e. The minimum atomic E-state index is -0.477. The van der Waals surface area contributed by atoms with Gasteiger partial charge in [-0.15, -0.1) is 0 Å². The highest BCUT2D eigenvalue weighted by molar-refractivity contribution is 5.19. The van der Waals surface area contributed by atoms with E-state index in [9.17, 15) is 5.11 Å². The average Bonchev–Trinajstić information content (AvgIpc) is 2.38. The van der Waals surface area contributed by atoms with Crippen LogP contribution in [0.5, 0.6) is 0 Å². The third-order valence-corrected chi connectivity index (χ3v) is 4.28. The molecular formula is C15H24N2O. The zero-order valence-corrected chi connectivity index (χ0v) is 11.7. The maximum atomic E-state index is 9.59. The van der Waals surface area contributed by atoms with Crippen LogP contribution in [0.2, 0.25) is 0 Å². The van der Waals surface area contributed by atoms with Crippen LogP contribution in [-0.2, 0) is 0 Å². The lowest BCUT2D eigenvalue weighted by Gasteiger charge is -2.27. The van der Waals surface area contributed by atoms with Crippen molar-refractivity contribution in [3.05, 3.63) is 23.3 Å². The van der Waals surface area contributed by atoms with Crippen molar-refractivity contribution in [2.24, 2.45) is 5.92 Å². The van der Waals surface area contributed by atoms with Crippen LogP contribution < -0.4 is 0 Å². The zero-order valence-electron chi connectivity index (χ0n) is 11.7. The number of hydrogen-bond donors (Lipinski definition) is 1. The van der Waals surface area contributed by atoms with Crippen LogP contribution in [0.4, 0.5) is 0 Å². The highest BCUT2D eigenvalue weighted by Crippen LogP contribution is 2.35. The largest absolute Gasteiger partial charge is 0.389 e. The van der Waals surface area contributed by atoms with Crippen LogP contribution >= 0.6 is 0 Å². The Hall–Kier alpha value is -0.960. The average molecular weight is 248 g/mol. The Kier molecular flexibility index (Phi) is 4.33. The van der Waals surface area contributed by atoms with Crippen molar-refractivity contribution in [2.45, 2.75) is 64.9 Å². The molecule has 1 aromatic rings. The van der Waals surface area contributed by atoms with E-state index in [-0.39, 0.29) is 0 Å². The fourth-order valence-electron chi connectivity index (χ4n) is 2.93. The Morgan fingerprint density at radius 1 is 1.33 bits per heavy atom. The Labute approximate surface area is 110 Å². The first-order valence-corrected chi connectivity index (χ1v) is 7.13. The molecule has 1 heterocycles. The van der Waals surface area contributed by atoms with Crippen molar-refractivity contribution >= 4 is 0 Å². The molecule has 2 rings (SSSR count). The fraction of sp³-hybridized carbons (Fsp3) is 0.733. The van der Waals surface area contributed by atoms with E-state index >= 15 is 0 Å². The highest BCUT2D eigenvalue weighted by Gasteiger charge is 2.23. The summed E-state index contributed by atoms with van der Waals surface area (Å²) in [6, 6.07) is 0. The molecule has 0 spiro atoms. The number of aliphatic hydroxyl groups excluding tert-OH is 1. The lowest BCUT2D eigenvalue weighted by molar-refractivity contribution is 0.197. The molecule has 1 N–H and O–H groups in total. The minimum absolute atomic E-state index is 0.477. The molecule has 1 aliphatic carbocycles. The molecule has 18 heavy (non-hydrogen) atoms. The molecule has 3 nitrogen and oxygen atoms in total. The SMILES string of the molecule is CCC1CCC(c2ncc([C@@H](C)O)c(C)n2)CC1. The molecule has 0 saturated heterocycles. The summed E-state index contributed by atoms with van der Waals surface area (Å²) in [4.78, 5) is 9.06. The van der Waals surface area contributed by atoms with Gasteiger partial charge in [0.25, 0.3) is 0 Å². The van der Waals surface area contributed by atoms with E-state index in [1.165, 1.54) is 32.1 Å². The van der Waals surface area contributed by atoms with Crippen molar-refractivity contribution in [1.29, 1.82) is 0 Å². The van der Waals surface area contributed by atoms with E-state index in [1.54, 1.807) is 13.1 Å². The van der Waals surface area contributed by atoms with Crippen LogP contribution in [0.1, 0.15) is 75.1 Å². The topological polar surface area (TPSA) is 46.0 Å². The summed E-state index contributed by atoms with van der Waals surface area (Å²) in [6.07, 6.45) is 7.67. The zero-order chi connectivity index (χ0) is 13.1. The van der Waals surface area contributed by atoms with Gasteiger partial charge in [0, 0.05) is 23.4 Å². The van der Waals surface area contributed by atoms with Crippen LogP contribution in [0.15, 0.2) is 6.20 Å². The number of rotatable bonds is 3.